The van der Waals surface area contributed by atoms with Crippen molar-refractivity contribution in [1.82, 2.24) is 4.57 Å². The Morgan fingerprint density at radius 1 is 1.00 bits per heavy atom. The van der Waals surface area contributed by atoms with E-state index in [9.17, 15) is 4.79 Å². The Bertz CT molecular complexity index is 424. The normalized spacial score (nSPS) is 16.1. The summed E-state index contributed by atoms with van der Waals surface area (Å²) in [6.07, 6.45) is 3.10. The number of carbonyl (C=O) groups is 1. The maximum atomic E-state index is 12.6. The van der Waals surface area contributed by atoms with Crippen LogP contribution in [0, 0.1) is 0 Å². The van der Waals surface area contributed by atoms with Gasteiger partial charge < -0.3 is 17.8 Å². The Balaban J connectivity index is 4.72. The molecule has 2 unspecified atom stereocenters. The Morgan fingerprint density at radius 3 is 2.00 bits per heavy atom. The van der Waals surface area contributed by atoms with Crippen molar-refractivity contribution in [3.8, 4) is 0 Å². The Labute approximate surface area is 165 Å². The van der Waals surface area contributed by atoms with Gasteiger partial charge in [-0.1, -0.05) is 26.6 Å². The molecule has 0 aliphatic heterocycles. The molecular formula is C18H43NO4Si3. The van der Waals surface area contributed by atoms with Crippen LogP contribution in [-0.4, -0.2) is 55.0 Å². The van der Waals surface area contributed by atoms with Crippen molar-refractivity contribution in [1.29, 1.82) is 0 Å². The molecule has 0 aliphatic rings. The van der Waals surface area contributed by atoms with Crippen molar-refractivity contribution in [2.45, 2.75) is 98.0 Å². The van der Waals surface area contributed by atoms with E-state index in [1.165, 1.54) is 0 Å². The zero-order valence-corrected chi connectivity index (χ0v) is 21.9. The van der Waals surface area contributed by atoms with Gasteiger partial charge in [0.05, 0.1) is 0 Å². The maximum Gasteiger partial charge on any atom is 0.388 e. The molecule has 0 saturated carbocycles. The van der Waals surface area contributed by atoms with E-state index >= 15 is 0 Å². The zero-order chi connectivity index (χ0) is 20.6. The van der Waals surface area contributed by atoms with Gasteiger partial charge in [0.25, 0.3) is 0 Å². The second-order valence-electron chi connectivity index (χ2n) is 9.16. The van der Waals surface area contributed by atoms with Gasteiger partial charge in [-0.25, -0.2) is 4.79 Å². The van der Waals surface area contributed by atoms with Gasteiger partial charge in [-0.2, -0.15) is 0 Å². The minimum Gasteiger partial charge on any atom is -0.505 e. The topological polar surface area (TPSA) is 48.0 Å². The van der Waals surface area contributed by atoms with Crippen LogP contribution >= 0.6 is 0 Å². The molecule has 0 fully saturated rings. The second-order valence-corrected chi connectivity index (χ2v) is 21.8. The van der Waals surface area contributed by atoms with Crippen molar-refractivity contribution in [2.24, 2.45) is 0 Å². The van der Waals surface area contributed by atoms with Crippen LogP contribution in [0.5, 0.6) is 0 Å². The van der Waals surface area contributed by atoms with Crippen LogP contribution in [0.1, 0.15) is 40.0 Å². The highest BCUT2D eigenvalue weighted by atomic mass is 28.4. The summed E-state index contributed by atoms with van der Waals surface area (Å²) < 4.78 is 20.0. The van der Waals surface area contributed by atoms with Gasteiger partial charge in [0.15, 0.2) is 8.24 Å². The van der Waals surface area contributed by atoms with Gasteiger partial charge in [0, 0.05) is 19.3 Å². The Hall–Kier alpha value is -0.159. The predicted molar refractivity (Wildman–Crippen MR) is 118 cm³/mol. The summed E-state index contributed by atoms with van der Waals surface area (Å²) in [4.78, 5) is 12.6. The zero-order valence-electron chi connectivity index (χ0n) is 18.9. The van der Waals surface area contributed by atoms with E-state index in [-0.39, 0.29) is 12.2 Å². The second kappa shape index (κ2) is 11.0. The standard InChI is InChI=1S/C18H43NO4Si3/c1-11-17(3)22-26(10,21-12-2)16-14-13-15-19(24(4,5)6)18(20)23-25(7,8)9/h17H,11-16H2,1-10H3. The molecule has 0 saturated heterocycles. The lowest BCUT2D eigenvalue weighted by Crippen LogP contribution is -2.52. The number of unbranched alkanes of at least 4 members (excludes halogenated alkanes) is 1. The van der Waals surface area contributed by atoms with Crippen LogP contribution in [0.4, 0.5) is 4.79 Å². The van der Waals surface area contributed by atoms with Crippen LogP contribution < -0.4 is 0 Å². The molecule has 0 radical (unpaired) electrons. The van der Waals surface area contributed by atoms with Crippen LogP contribution in [0.15, 0.2) is 0 Å². The number of rotatable bonds is 12. The van der Waals surface area contributed by atoms with Crippen LogP contribution in [-0.2, 0) is 13.3 Å². The van der Waals surface area contributed by atoms with Crippen molar-refractivity contribution in [3.05, 3.63) is 0 Å². The van der Waals surface area contributed by atoms with Crippen LogP contribution in [0.25, 0.3) is 0 Å². The van der Waals surface area contributed by atoms with Crippen molar-refractivity contribution < 1.29 is 18.1 Å². The summed E-state index contributed by atoms with van der Waals surface area (Å²) in [5, 5.41) is 0. The van der Waals surface area contributed by atoms with E-state index in [1.54, 1.807) is 0 Å². The lowest BCUT2D eigenvalue weighted by molar-refractivity contribution is 0.127. The first kappa shape index (κ1) is 25.8. The molecule has 0 bridgehead atoms. The smallest absolute Gasteiger partial charge is 0.388 e. The molecule has 0 aromatic carbocycles. The SMILES string of the molecule is CCO[Si](C)(CCCCN(C(=O)O[Si](C)(C)C)[Si](C)(C)C)OC(C)CC. The fraction of sp³-hybridized carbons (Fsp3) is 0.944. The minimum atomic E-state index is -2.13. The lowest BCUT2D eigenvalue weighted by Gasteiger charge is -2.36. The number of hydrogen-bond donors (Lipinski definition) is 0. The predicted octanol–water partition coefficient (Wildman–Crippen LogP) is 5.80. The average Bonchev–Trinajstić information content (AvgIpc) is 2.43. The summed E-state index contributed by atoms with van der Waals surface area (Å²) in [6, 6.07) is 0.966. The molecule has 8 heteroatoms. The molecule has 0 heterocycles. The molecule has 0 rings (SSSR count). The highest BCUT2D eigenvalue weighted by molar-refractivity contribution is 6.76. The molecule has 2 atom stereocenters. The first-order valence-electron chi connectivity index (χ1n) is 10.1. The third-order valence-electron chi connectivity index (χ3n) is 4.16. The van der Waals surface area contributed by atoms with E-state index in [4.69, 9.17) is 13.3 Å². The fourth-order valence-electron chi connectivity index (χ4n) is 2.71. The summed E-state index contributed by atoms with van der Waals surface area (Å²) in [5.41, 5.74) is 0. The molecule has 0 aromatic heterocycles. The monoisotopic (exact) mass is 421 g/mol. The lowest BCUT2D eigenvalue weighted by atomic mass is 10.3. The van der Waals surface area contributed by atoms with Gasteiger partial charge >= 0.3 is 14.7 Å². The number of carbonyl (C=O) groups excluding carboxylic acids is 1. The van der Waals surface area contributed by atoms with Crippen molar-refractivity contribution >= 4 is 31.2 Å². The maximum absolute atomic E-state index is 12.6. The molecule has 0 spiro atoms. The highest BCUT2D eigenvalue weighted by Gasteiger charge is 2.34. The quantitative estimate of drug-likeness (QED) is 0.295. The summed E-state index contributed by atoms with van der Waals surface area (Å²) >= 11 is 0. The van der Waals surface area contributed by atoms with E-state index in [2.05, 4.69) is 59.7 Å². The first-order chi connectivity index (χ1) is 11.7. The third kappa shape index (κ3) is 10.9. The van der Waals surface area contributed by atoms with E-state index in [1.807, 2.05) is 11.5 Å². The molecule has 0 aromatic rings. The Morgan fingerprint density at radius 2 is 1.58 bits per heavy atom. The van der Waals surface area contributed by atoms with E-state index < -0.39 is 25.1 Å². The molecule has 0 aliphatic carbocycles. The summed E-state index contributed by atoms with van der Waals surface area (Å²) in [6.45, 7) is 22.7. The molecular weight excluding hydrogens is 378 g/mol. The minimum absolute atomic E-state index is 0.121. The fourth-order valence-corrected chi connectivity index (χ4v) is 7.71. The highest BCUT2D eigenvalue weighted by Crippen LogP contribution is 2.22. The van der Waals surface area contributed by atoms with Gasteiger partial charge in [-0.05, 0) is 65.3 Å². The molecule has 5 nitrogen and oxygen atoms in total. The molecule has 0 N–H and O–H groups in total. The first-order valence-corrected chi connectivity index (χ1v) is 19.4. The number of nitrogens with zero attached hydrogens (tertiary/aromatic N) is 1. The van der Waals surface area contributed by atoms with Gasteiger partial charge in [0.1, 0.15) is 0 Å². The summed E-state index contributed by atoms with van der Waals surface area (Å²) in [5.74, 6) is 0. The van der Waals surface area contributed by atoms with E-state index in [0.717, 1.165) is 31.9 Å². The van der Waals surface area contributed by atoms with Gasteiger partial charge in [-0.3, -0.25) is 0 Å². The van der Waals surface area contributed by atoms with Gasteiger partial charge in [-0.15, -0.1) is 0 Å². The number of amides is 1. The molecule has 156 valence electrons. The van der Waals surface area contributed by atoms with Crippen molar-refractivity contribution in [3.63, 3.8) is 0 Å². The molecule has 1 amide bonds. The van der Waals surface area contributed by atoms with Crippen molar-refractivity contribution in [2.75, 3.05) is 13.2 Å². The molecule has 26 heavy (non-hydrogen) atoms. The van der Waals surface area contributed by atoms with Gasteiger partial charge in [0.2, 0.25) is 8.32 Å². The van der Waals surface area contributed by atoms with Crippen LogP contribution in [0.3, 0.4) is 0 Å². The Kier molecular flexibility index (Phi) is 10.9. The number of hydrogen-bond acceptors (Lipinski definition) is 4. The largest absolute Gasteiger partial charge is 0.505 e. The van der Waals surface area contributed by atoms with E-state index in [0.29, 0.717) is 6.61 Å². The average molecular weight is 422 g/mol. The summed E-state index contributed by atoms with van der Waals surface area (Å²) in [7, 11) is -5.77. The van der Waals surface area contributed by atoms with Crippen LogP contribution in [0.2, 0.25) is 51.9 Å². The third-order valence-corrected chi connectivity index (χ3v) is 10.0.